The maximum atomic E-state index is 14.2. The Kier molecular flexibility index (Phi) is 12.7. The van der Waals surface area contributed by atoms with Crippen LogP contribution < -0.4 is 0 Å². The molecule has 0 N–H and O–H groups in total. The zero-order valence-corrected chi connectivity index (χ0v) is 22.3. The number of hydrogen-bond acceptors (Lipinski definition) is 3. The Morgan fingerprint density at radius 2 is 0.417 bits per heavy atom. The first-order chi connectivity index (χ1) is 19.6. The van der Waals surface area contributed by atoms with Gasteiger partial charge in [-0.1, -0.05) is 0 Å². The van der Waals surface area contributed by atoms with E-state index in [1.807, 2.05) is 0 Å². The van der Waals surface area contributed by atoms with Crippen molar-refractivity contribution in [2.75, 3.05) is 0 Å². The third kappa shape index (κ3) is 7.51. The van der Waals surface area contributed by atoms with Gasteiger partial charge in [-0.25, -0.2) is 0 Å². The Bertz CT molecular complexity index is 1070. The van der Waals surface area contributed by atoms with Gasteiger partial charge in [-0.2, -0.15) is 92.2 Å². The summed E-state index contributed by atoms with van der Waals surface area (Å²) in [6, 6.07) is 0. The van der Waals surface area contributed by atoms with E-state index in [0.717, 1.165) is 0 Å². The van der Waals surface area contributed by atoms with Gasteiger partial charge in [-0.05, 0) is 0 Å². The van der Waals surface area contributed by atoms with E-state index in [-0.39, 0.29) is 22.4 Å². The van der Waals surface area contributed by atoms with E-state index in [0.29, 0.717) is 0 Å². The fourth-order valence-electron chi connectivity index (χ4n) is 2.46. The molecule has 48 heavy (non-hydrogen) atoms. The van der Waals surface area contributed by atoms with Gasteiger partial charge >= 0.3 is 87.0 Å². The fourth-order valence-corrected chi connectivity index (χ4v) is 4.43. The number of rotatable bonds is 12. The van der Waals surface area contributed by atoms with E-state index in [4.69, 9.17) is 0 Å². The third-order valence-corrected chi connectivity index (χ3v) is 7.23. The van der Waals surface area contributed by atoms with E-state index < -0.39 is 87.0 Å². The average Bonchev–Trinajstić information content (AvgIpc) is 2.73. The standard InChI is InChI=1S/C13F30O3Si.Ag/c14-1(15,3(18,19)5(22,23)7(26,27)9(30,31)32)2(16,17)4(20,21)6(24,25)8(28,29)10(33,34)47(44-11(35,36)37,45-12(38,39)40)46-13(41,42)43;. The Balaban J connectivity index is 0. The summed E-state index contributed by atoms with van der Waals surface area (Å²) in [7, 11) is -10.7. The Hall–Kier alpha value is -1.26. The van der Waals surface area contributed by atoms with Gasteiger partial charge in [0.15, 0.2) is 0 Å². The van der Waals surface area contributed by atoms with Crippen LogP contribution in [-0.4, -0.2) is 87.0 Å². The molecule has 0 aliphatic carbocycles. The second-order valence-corrected chi connectivity index (χ2v) is 10.2. The zero-order chi connectivity index (χ0) is 39.1. The van der Waals surface area contributed by atoms with Gasteiger partial charge in [0.25, 0.3) is 0 Å². The van der Waals surface area contributed by atoms with E-state index >= 15 is 0 Å². The maximum absolute atomic E-state index is 14.2. The van der Waals surface area contributed by atoms with Gasteiger partial charge in [0, 0.05) is 22.4 Å². The van der Waals surface area contributed by atoms with Crippen LogP contribution in [-0.2, 0) is 35.7 Å². The van der Waals surface area contributed by atoms with Crippen molar-refractivity contribution in [2.45, 2.75) is 78.2 Å². The number of halogens is 30. The molecule has 0 heterocycles. The summed E-state index contributed by atoms with van der Waals surface area (Å²) >= 11 is 0. The van der Waals surface area contributed by atoms with Gasteiger partial charge in [-0.15, -0.1) is 39.5 Å². The molecule has 0 aromatic heterocycles. The van der Waals surface area contributed by atoms with Crippen molar-refractivity contribution in [1.29, 1.82) is 0 Å². The summed E-state index contributed by atoms with van der Waals surface area (Å²) in [5, 5.41) is 0. The van der Waals surface area contributed by atoms with Gasteiger partial charge in [0.1, 0.15) is 0 Å². The topological polar surface area (TPSA) is 27.7 Å². The summed E-state index contributed by atoms with van der Waals surface area (Å²) in [4.78, 5) is 0. The molecule has 1 radical (unpaired) electrons. The molecule has 0 atom stereocenters. The third-order valence-electron chi connectivity index (χ3n) is 4.65. The molecule has 0 rings (SSSR count). The van der Waals surface area contributed by atoms with Crippen LogP contribution in [0.5, 0.6) is 0 Å². The minimum Gasteiger partial charge on any atom is -0.280 e. The van der Waals surface area contributed by atoms with Crippen molar-refractivity contribution in [1.82, 2.24) is 0 Å². The van der Waals surface area contributed by atoms with Crippen molar-refractivity contribution in [3.8, 4) is 0 Å². The van der Waals surface area contributed by atoms with Gasteiger partial charge < -0.3 is 0 Å². The molecule has 3 nitrogen and oxygen atoms in total. The summed E-state index contributed by atoms with van der Waals surface area (Å²) in [6.07, 6.45) is -31.8. The Labute approximate surface area is 255 Å². The van der Waals surface area contributed by atoms with Crippen LogP contribution in [0.2, 0.25) is 0 Å². The first-order valence-corrected chi connectivity index (χ1v) is 11.1. The normalized spacial score (nSPS) is 16.6. The predicted octanol–water partition coefficient (Wildman–Crippen LogP) is 9.35. The molecule has 0 aliphatic rings. The average molecular weight is 910 g/mol. The smallest absolute Gasteiger partial charge is 0.280 e. The summed E-state index contributed by atoms with van der Waals surface area (Å²) in [5.74, 6) is -77.2. The minimum atomic E-state index is -10.7. The second-order valence-electron chi connectivity index (χ2n) is 7.87. The molecular formula is C13AgF30O3Si. The molecular weight excluding hydrogens is 910 g/mol. The van der Waals surface area contributed by atoms with Crippen molar-refractivity contribution in [2.24, 2.45) is 0 Å². The van der Waals surface area contributed by atoms with Crippen LogP contribution in [0, 0.1) is 0 Å². The van der Waals surface area contributed by atoms with Crippen molar-refractivity contribution < 1.29 is 167 Å². The summed E-state index contributed by atoms with van der Waals surface area (Å²) in [6.45, 7) is 0. The first kappa shape index (κ1) is 48.8. The predicted molar refractivity (Wildman–Crippen MR) is 77.8 cm³/mol. The van der Waals surface area contributed by atoms with E-state index in [2.05, 4.69) is 0 Å². The van der Waals surface area contributed by atoms with E-state index in [1.165, 1.54) is 13.3 Å². The molecule has 35 heteroatoms. The molecule has 0 saturated carbocycles. The van der Waals surface area contributed by atoms with Crippen LogP contribution in [0.3, 0.4) is 0 Å². The van der Waals surface area contributed by atoms with Crippen LogP contribution in [0.4, 0.5) is 132 Å². The molecule has 0 saturated heterocycles. The number of hydrogen-bond donors (Lipinski definition) is 0. The van der Waals surface area contributed by atoms with Crippen LogP contribution >= 0.6 is 0 Å². The van der Waals surface area contributed by atoms with Crippen LogP contribution in [0.25, 0.3) is 0 Å². The van der Waals surface area contributed by atoms with Crippen molar-refractivity contribution in [3.63, 3.8) is 0 Å². The van der Waals surface area contributed by atoms with E-state index in [1.54, 1.807) is 0 Å². The Morgan fingerprint density at radius 1 is 0.250 bits per heavy atom. The molecule has 0 amide bonds. The van der Waals surface area contributed by atoms with Crippen LogP contribution in [0.15, 0.2) is 0 Å². The molecule has 0 aromatic rings. The summed E-state index contributed by atoms with van der Waals surface area (Å²) in [5.41, 5.74) is -9.38. The van der Waals surface area contributed by atoms with E-state index in [9.17, 15) is 132 Å². The van der Waals surface area contributed by atoms with Gasteiger partial charge in [0.05, 0.1) is 0 Å². The quantitative estimate of drug-likeness (QED) is 0.145. The first-order valence-electron chi connectivity index (χ1n) is 9.39. The molecule has 0 aromatic carbocycles. The molecule has 0 unspecified atom stereocenters. The number of alkyl halides is 30. The van der Waals surface area contributed by atoms with Crippen molar-refractivity contribution >= 4 is 8.80 Å². The molecule has 0 aliphatic heterocycles. The summed E-state index contributed by atoms with van der Waals surface area (Å²) < 4.78 is 396. The maximum Gasteiger partial charge on any atom is 0.601 e. The molecule has 295 valence electrons. The molecule has 0 spiro atoms. The van der Waals surface area contributed by atoms with Crippen molar-refractivity contribution in [3.05, 3.63) is 0 Å². The van der Waals surface area contributed by atoms with Crippen LogP contribution in [0.1, 0.15) is 0 Å². The van der Waals surface area contributed by atoms with Gasteiger partial charge in [0.2, 0.25) is 0 Å². The second kappa shape index (κ2) is 12.5. The molecule has 0 fully saturated rings. The zero-order valence-electron chi connectivity index (χ0n) is 19.9. The minimum absolute atomic E-state index is 0. The Morgan fingerprint density at radius 3 is 0.583 bits per heavy atom. The largest absolute Gasteiger partial charge is 0.601 e. The van der Waals surface area contributed by atoms with Gasteiger partial charge in [-0.3, -0.25) is 13.3 Å². The monoisotopic (exact) mass is 909 g/mol. The fraction of sp³-hybridized carbons (Fsp3) is 1.00. The molecule has 0 bridgehead atoms. The SMILES string of the molecule is FC(F)(F)O[Si](OC(F)(F)F)(OC(F)(F)F)C(F)(F)C(F)(F)C(F)(F)C(F)(F)C(F)(F)C(F)(F)C(F)(F)C(F)(F)C(F)(F)C(F)(F)F.[Ag].